The maximum atomic E-state index is 13.1. The largest absolute Gasteiger partial charge is 0.496 e. The van der Waals surface area contributed by atoms with Crippen LogP contribution in [0.5, 0.6) is 11.5 Å². The molecule has 0 aliphatic carbocycles. The third-order valence-electron chi connectivity index (χ3n) is 5.07. The molecule has 166 valence electrons. The van der Waals surface area contributed by atoms with E-state index in [1.807, 2.05) is 47.5 Å². The lowest BCUT2D eigenvalue weighted by Gasteiger charge is -2.16. The quantitative estimate of drug-likeness (QED) is 0.361. The van der Waals surface area contributed by atoms with E-state index in [1.165, 1.54) is 13.2 Å². The first kappa shape index (κ1) is 21.5. The van der Waals surface area contributed by atoms with Crippen molar-refractivity contribution in [1.29, 1.82) is 0 Å². The summed E-state index contributed by atoms with van der Waals surface area (Å²) in [6, 6.07) is 6.84. The molecule has 7 nitrogen and oxygen atoms in total. The number of pyridine rings is 1. The number of carbonyl (C=O) groups is 1. The lowest BCUT2D eigenvalue weighted by atomic mass is 10.0. The smallest absolute Gasteiger partial charge is 0.387 e. The normalized spacial score (nSPS) is 11.3. The lowest BCUT2D eigenvalue weighted by Crippen LogP contribution is -2.10. The van der Waals surface area contributed by atoms with Crippen molar-refractivity contribution in [2.75, 3.05) is 7.11 Å². The third-order valence-corrected chi connectivity index (χ3v) is 5.07. The molecule has 4 aromatic rings. The molecule has 0 unspecified atom stereocenters. The molecule has 0 bridgehead atoms. The van der Waals surface area contributed by atoms with E-state index in [2.05, 4.69) is 9.97 Å². The van der Waals surface area contributed by atoms with Gasteiger partial charge in [-0.15, -0.1) is 0 Å². The van der Waals surface area contributed by atoms with E-state index in [-0.39, 0.29) is 29.3 Å². The molecule has 3 aromatic heterocycles. The van der Waals surface area contributed by atoms with Gasteiger partial charge in [0.2, 0.25) is 0 Å². The monoisotopic (exact) mass is 440 g/mol. The number of fused-ring (bicyclic) bond motifs is 1. The van der Waals surface area contributed by atoms with E-state index >= 15 is 0 Å². The number of nitrogens with zero attached hydrogens (tertiary/aromatic N) is 4. The number of alkyl halides is 2. The van der Waals surface area contributed by atoms with Gasteiger partial charge in [0.25, 0.3) is 0 Å². The number of benzene rings is 1. The minimum absolute atomic E-state index is 0.0182. The summed E-state index contributed by atoms with van der Waals surface area (Å²) in [5.41, 5.74) is 3.56. The zero-order valence-electron chi connectivity index (χ0n) is 17.9. The first-order valence-electron chi connectivity index (χ1n) is 10.1. The van der Waals surface area contributed by atoms with Gasteiger partial charge >= 0.3 is 6.61 Å². The summed E-state index contributed by atoms with van der Waals surface area (Å²) in [5.74, 6) is -0.353. The van der Waals surface area contributed by atoms with Crippen LogP contribution in [0.3, 0.4) is 0 Å². The number of halogens is 2. The van der Waals surface area contributed by atoms with Gasteiger partial charge in [0, 0.05) is 37.0 Å². The number of rotatable bonds is 8. The Morgan fingerprint density at radius 3 is 2.59 bits per heavy atom. The number of aromatic nitrogens is 4. The third kappa shape index (κ3) is 4.05. The zero-order chi connectivity index (χ0) is 22.8. The van der Waals surface area contributed by atoms with Gasteiger partial charge in [0.15, 0.2) is 5.78 Å². The number of ether oxygens (including phenoxy) is 2. The molecule has 0 amide bonds. The van der Waals surface area contributed by atoms with Gasteiger partial charge in [-0.3, -0.25) is 9.20 Å². The molecule has 0 atom stereocenters. The number of Topliss-reactive ketones (excluding diaryl/α,β-unsaturated/α-hetero) is 1. The molecule has 0 saturated heterocycles. The fraction of sp³-hybridized carbons (Fsp3) is 0.261. The summed E-state index contributed by atoms with van der Waals surface area (Å²) in [6.45, 7) is -1.24. The summed E-state index contributed by atoms with van der Waals surface area (Å²) in [5, 5.41) is 0. The standard InChI is InChI=1S/C23H22F2N4O3/c1-4-5-18(30)22-19(31-3)8-15(9-20(22)32-23(24)25)17-11-26-21-10-14(6-7-29(17)21)16-12-28(2)13-27-16/h6-13,23H,4-5H2,1-3H3. The maximum Gasteiger partial charge on any atom is 0.387 e. The van der Waals surface area contributed by atoms with Gasteiger partial charge in [-0.25, -0.2) is 9.97 Å². The Kier molecular flexibility index (Phi) is 5.89. The fourth-order valence-electron chi connectivity index (χ4n) is 3.63. The summed E-state index contributed by atoms with van der Waals surface area (Å²) in [4.78, 5) is 21.4. The summed E-state index contributed by atoms with van der Waals surface area (Å²) in [7, 11) is 3.28. The van der Waals surface area contributed by atoms with Gasteiger partial charge in [-0.1, -0.05) is 6.92 Å². The molecule has 0 fully saturated rings. The average Bonchev–Trinajstić information content (AvgIpc) is 3.38. The molecule has 32 heavy (non-hydrogen) atoms. The topological polar surface area (TPSA) is 70.7 Å². The van der Waals surface area contributed by atoms with E-state index in [1.54, 1.807) is 18.6 Å². The van der Waals surface area contributed by atoms with Crippen LogP contribution in [-0.2, 0) is 7.05 Å². The van der Waals surface area contributed by atoms with Crippen LogP contribution >= 0.6 is 0 Å². The number of hydrogen-bond acceptors (Lipinski definition) is 5. The molecule has 1 aromatic carbocycles. The Balaban J connectivity index is 1.82. The number of imidazole rings is 2. The molecule has 0 spiro atoms. The highest BCUT2D eigenvalue weighted by atomic mass is 19.3. The van der Waals surface area contributed by atoms with Gasteiger partial charge in [0.05, 0.1) is 31.0 Å². The number of methoxy groups -OCH3 is 1. The highest BCUT2D eigenvalue weighted by Gasteiger charge is 2.23. The van der Waals surface area contributed by atoms with Crippen molar-refractivity contribution in [2.24, 2.45) is 7.05 Å². The SMILES string of the molecule is CCCC(=O)c1c(OC)cc(-c2cnc3cc(-c4cn(C)cn4)ccn23)cc1OC(F)F. The van der Waals surface area contributed by atoms with Crippen molar-refractivity contribution < 1.29 is 23.0 Å². The van der Waals surface area contributed by atoms with Crippen LogP contribution in [0, 0.1) is 0 Å². The van der Waals surface area contributed by atoms with Crippen LogP contribution in [0.25, 0.3) is 28.2 Å². The minimum Gasteiger partial charge on any atom is -0.496 e. The molecule has 0 N–H and O–H groups in total. The predicted octanol–water partition coefficient (Wildman–Crippen LogP) is 4.99. The van der Waals surface area contributed by atoms with Crippen molar-refractivity contribution in [2.45, 2.75) is 26.4 Å². The van der Waals surface area contributed by atoms with Crippen LogP contribution in [-0.4, -0.2) is 38.4 Å². The Bertz CT molecular complexity index is 1280. The van der Waals surface area contributed by atoms with Crippen molar-refractivity contribution in [3.05, 3.63) is 54.7 Å². The first-order chi connectivity index (χ1) is 15.4. The minimum atomic E-state index is -3.08. The second kappa shape index (κ2) is 8.78. The number of ketones is 1. The van der Waals surface area contributed by atoms with E-state index in [0.29, 0.717) is 23.3 Å². The molecule has 0 aliphatic rings. The Morgan fingerprint density at radius 1 is 1.16 bits per heavy atom. The molecule has 9 heteroatoms. The lowest BCUT2D eigenvalue weighted by molar-refractivity contribution is -0.0502. The zero-order valence-corrected chi connectivity index (χ0v) is 17.9. The molecular weight excluding hydrogens is 418 g/mol. The maximum absolute atomic E-state index is 13.1. The second-order valence-electron chi connectivity index (χ2n) is 7.31. The van der Waals surface area contributed by atoms with Crippen LogP contribution in [0.2, 0.25) is 0 Å². The summed E-state index contributed by atoms with van der Waals surface area (Å²) in [6.07, 6.45) is 7.85. The number of aryl methyl sites for hydroxylation is 1. The van der Waals surface area contributed by atoms with E-state index < -0.39 is 6.61 Å². The summed E-state index contributed by atoms with van der Waals surface area (Å²) < 4.78 is 40.0. The molecular formula is C23H22F2N4O3. The van der Waals surface area contributed by atoms with Crippen molar-refractivity contribution in [3.63, 3.8) is 0 Å². The molecule has 0 aliphatic heterocycles. The van der Waals surface area contributed by atoms with Crippen molar-refractivity contribution in [3.8, 4) is 34.0 Å². The second-order valence-corrected chi connectivity index (χ2v) is 7.31. The molecule has 0 radical (unpaired) electrons. The van der Waals surface area contributed by atoms with Gasteiger partial charge in [0.1, 0.15) is 22.7 Å². The summed E-state index contributed by atoms with van der Waals surface area (Å²) >= 11 is 0. The van der Waals surface area contributed by atoms with Crippen molar-refractivity contribution in [1.82, 2.24) is 18.9 Å². The van der Waals surface area contributed by atoms with Gasteiger partial charge < -0.3 is 14.0 Å². The highest BCUT2D eigenvalue weighted by Crippen LogP contribution is 2.37. The Morgan fingerprint density at radius 2 is 1.94 bits per heavy atom. The number of hydrogen-bond donors (Lipinski definition) is 0. The fourth-order valence-corrected chi connectivity index (χ4v) is 3.63. The first-order valence-corrected chi connectivity index (χ1v) is 10.1. The van der Waals surface area contributed by atoms with Crippen LogP contribution < -0.4 is 9.47 Å². The van der Waals surface area contributed by atoms with Gasteiger partial charge in [-0.05, 0) is 30.7 Å². The Labute approximate surface area is 183 Å². The van der Waals surface area contributed by atoms with Crippen LogP contribution in [0.4, 0.5) is 8.78 Å². The molecule has 0 saturated carbocycles. The van der Waals surface area contributed by atoms with E-state index in [9.17, 15) is 13.6 Å². The van der Waals surface area contributed by atoms with Crippen LogP contribution in [0.1, 0.15) is 30.1 Å². The predicted molar refractivity (Wildman–Crippen MR) is 115 cm³/mol. The van der Waals surface area contributed by atoms with Crippen molar-refractivity contribution >= 4 is 11.4 Å². The van der Waals surface area contributed by atoms with Gasteiger partial charge in [-0.2, -0.15) is 8.78 Å². The number of carbonyl (C=O) groups excluding carboxylic acids is 1. The molecule has 3 heterocycles. The van der Waals surface area contributed by atoms with Crippen LogP contribution in [0.15, 0.2) is 49.2 Å². The molecule has 4 rings (SSSR count). The van der Waals surface area contributed by atoms with E-state index in [4.69, 9.17) is 9.47 Å². The highest BCUT2D eigenvalue weighted by molar-refractivity contribution is 6.02. The average molecular weight is 440 g/mol. The van der Waals surface area contributed by atoms with E-state index in [0.717, 1.165) is 11.3 Å². The Hall–Kier alpha value is -3.75.